The Morgan fingerprint density at radius 3 is 2.67 bits per heavy atom. The molecule has 1 unspecified atom stereocenters. The van der Waals surface area contributed by atoms with Crippen LogP contribution in [0.25, 0.3) is 0 Å². The number of piperidine rings is 1. The molecule has 1 aromatic rings. The van der Waals surface area contributed by atoms with Crippen LogP contribution in [-0.4, -0.2) is 32.1 Å². The molecule has 116 valence electrons. The van der Waals surface area contributed by atoms with E-state index in [0.717, 1.165) is 38.1 Å². The molecule has 1 aromatic carbocycles. The summed E-state index contributed by atoms with van der Waals surface area (Å²) in [6, 6.07) is 3.25. The van der Waals surface area contributed by atoms with E-state index in [0.29, 0.717) is 5.69 Å². The number of hydrogen-bond donors (Lipinski definition) is 2. The van der Waals surface area contributed by atoms with Crippen molar-refractivity contribution in [1.29, 1.82) is 0 Å². The maximum atomic E-state index is 12.7. The van der Waals surface area contributed by atoms with E-state index in [1.165, 1.54) is 6.07 Å². The summed E-state index contributed by atoms with van der Waals surface area (Å²) in [6.45, 7) is 1.66. The van der Waals surface area contributed by atoms with Crippen LogP contribution in [0.4, 0.5) is 18.9 Å². The molecule has 2 rings (SSSR count). The molecule has 7 heteroatoms. The van der Waals surface area contributed by atoms with Crippen LogP contribution in [0.2, 0.25) is 0 Å². The molecule has 1 atom stereocenters. The molecule has 1 fully saturated rings. The minimum absolute atomic E-state index is 0.0992. The molecule has 1 aliphatic rings. The second-order valence-corrected chi connectivity index (χ2v) is 5.21. The standard InChI is InChI=1S/C14H18F3N3O/c1-20(10-3-2-6-19-8-10)12-5-4-9(14(15,16)17)7-11(12)13(18)21/h4-5,7,10,19H,2-3,6,8H2,1H3,(H2,18,21). The molecule has 0 aliphatic carbocycles. The minimum Gasteiger partial charge on any atom is -0.370 e. The molecule has 0 aromatic heterocycles. The molecular weight excluding hydrogens is 283 g/mol. The van der Waals surface area contributed by atoms with Crippen molar-refractivity contribution in [3.05, 3.63) is 29.3 Å². The number of nitrogens with zero attached hydrogens (tertiary/aromatic N) is 1. The number of primary amides is 1. The summed E-state index contributed by atoms with van der Waals surface area (Å²) in [4.78, 5) is 13.3. The molecule has 1 aliphatic heterocycles. The zero-order chi connectivity index (χ0) is 15.6. The number of amides is 1. The monoisotopic (exact) mass is 301 g/mol. The van der Waals surface area contributed by atoms with Crippen molar-refractivity contribution >= 4 is 11.6 Å². The fraction of sp³-hybridized carbons (Fsp3) is 0.500. The zero-order valence-corrected chi connectivity index (χ0v) is 11.7. The fourth-order valence-corrected chi connectivity index (χ4v) is 2.58. The largest absolute Gasteiger partial charge is 0.416 e. The van der Waals surface area contributed by atoms with E-state index in [4.69, 9.17) is 5.73 Å². The van der Waals surface area contributed by atoms with Crippen molar-refractivity contribution in [1.82, 2.24) is 5.32 Å². The van der Waals surface area contributed by atoms with Crippen LogP contribution in [0.5, 0.6) is 0 Å². The number of rotatable bonds is 3. The molecule has 0 radical (unpaired) electrons. The lowest BCUT2D eigenvalue weighted by atomic mass is 10.0. The maximum Gasteiger partial charge on any atom is 0.416 e. The Hall–Kier alpha value is -1.76. The first-order valence-corrected chi connectivity index (χ1v) is 6.75. The van der Waals surface area contributed by atoms with Gasteiger partial charge in [-0.2, -0.15) is 13.2 Å². The predicted octanol–water partition coefficient (Wildman–Crippen LogP) is 1.99. The third kappa shape index (κ3) is 3.47. The third-order valence-electron chi connectivity index (χ3n) is 3.79. The van der Waals surface area contributed by atoms with Gasteiger partial charge in [0.15, 0.2) is 0 Å². The highest BCUT2D eigenvalue weighted by atomic mass is 19.4. The Labute approximate surface area is 121 Å². The third-order valence-corrected chi connectivity index (χ3v) is 3.79. The Bertz CT molecular complexity index is 525. The SMILES string of the molecule is CN(c1ccc(C(F)(F)F)cc1C(N)=O)C1CCCNC1. The van der Waals surface area contributed by atoms with E-state index in [1.807, 2.05) is 4.90 Å². The van der Waals surface area contributed by atoms with E-state index in [1.54, 1.807) is 7.05 Å². The molecule has 0 bridgehead atoms. The van der Waals surface area contributed by atoms with Gasteiger partial charge < -0.3 is 16.0 Å². The van der Waals surface area contributed by atoms with Gasteiger partial charge in [0.25, 0.3) is 5.91 Å². The van der Waals surface area contributed by atoms with Gasteiger partial charge in [-0.1, -0.05) is 0 Å². The van der Waals surface area contributed by atoms with Crippen LogP contribution in [0, 0.1) is 0 Å². The lowest BCUT2D eigenvalue weighted by Gasteiger charge is -2.34. The lowest BCUT2D eigenvalue weighted by Crippen LogP contribution is -2.44. The summed E-state index contributed by atoms with van der Waals surface area (Å²) in [5, 5.41) is 3.23. The number of nitrogens with two attached hydrogens (primary N) is 1. The number of hydrogen-bond acceptors (Lipinski definition) is 3. The fourth-order valence-electron chi connectivity index (χ4n) is 2.58. The van der Waals surface area contributed by atoms with Crippen LogP contribution >= 0.6 is 0 Å². The highest BCUT2D eigenvalue weighted by Crippen LogP contribution is 2.33. The summed E-state index contributed by atoms with van der Waals surface area (Å²) < 4.78 is 38.2. The number of benzene rings is 1. The second-order valence-electron chi connectivity index (χ2n) is 5.21. The number of alkyl halides is 3. The van der Waals surface area contributed by atoms with Gasteiger partial charge in [-0.3, -0.25) is 4.79 Å². The highest BCUT2D eigenvalue weighted by Gasteiger charge is 2.32. The summed E-state index contributed by atoms with van der Waals surface area (Å²) in [5.74, 6) is -0.855. The second kappa shape index (κ2) is 5.93. The van der Waals surface area contributed by atoms with Crippen LogP contribution in [-0.2, 0) is 6.18 Å². The van der Waals surface area contributed by atoms with E-state index >= 15 is 0 Å². The molecule has 1 amide bonds. The maximum absolute atomic E-state index is 12.7. The van der Waals surface area contributed by atoms with E-state index in [-0.39, 0.29) is 11.6 Å². The van der Waals surface area contributed by atoms with Crippen LogP contribution in [0.1, 0.15) is 28.8 Å². The smallest absolute Gasteiger partial charge is 0.370 e. The molecule has 1 saturated heterocycles. The first-order chi connectivity index (χ1) is 9.80. The highest BCUT2D eigenvalue weighted by molar-refractivity contribution is 5.99. The van der Waals surface area contributed by atoms with Gasteiger partial charge in [0.2, 0.25) is 0 Å². The van der Waals surface area contributed by atoms with Crippen molar-refractivity contribution in [2.24, 2.45) is 5.73 Å². The summed E-state index contributed by atoms with van der Waals surface area (Å²) >= 11 is 0. The van der Waals surface area contributed by atoms with Crippen LogP contribution in [0.3, 0.4) is 0 Å². The summed E-state index contributed by atoms with van der Waals surface area (Å²) in [6.07, 6.45) is -2.59. The molecule has 0 spiro atoms. The van der Waals surface area contributed by atoms with Crippen molar-refractivity contribution in [3.63, 3.8) is 0 Å². The first-order valence-electron chi connectivity index (χ1n) is 6.75. The van der Waals surface area contributed by atoms with Gasteiger partial charge in [-0.05, 0) is 37.6 Å². The lowest BCUT2D eigenvalue weighted by molar-refractivity contribution is -0.137. The van der Waals surface area contributed by atoms with Crippen molar-refractivity contribution in [3.8, 4) is 0 Å². The Kier molecular flexibility index (Phi) is 4.41. The Morgan fingerprint density at radius 1 is 1.43 bits per heavy atom. The Morgan fingerprint density at radius 2 is 2.14 bits per heavy atom. The Balaban J connectivity index is 2.36. The zero-order valence-electron chi connectivity index (χ0n) is 11.7. The molecule has 21 heavy (non-hydrogen) atoms. The predicted molar refractivity (Wildman–Crippen MR) is 74.3 cm³/mol. The molecule has 1 heterocycles. The molecule has 4 nitrogen and oxygen atoms in total. The molecular formula is C14H18F3N3O. The van der Waals surface area contributed by atoms with E-state index < -0.39 is 17.6 Å². The normalized spacial score (nSPS) is 19.3. The van der Waals surface area contributed by atoms with Crippen LogP contribution in [0.15, 0.2) is 18.2 Å². The number of anilines is 1. The minimum atomic E-state index is -4.49. The van der Waals surface area contributed by atoms with Gasteiger partial charge in [0, 0.05) is 25.3 Å². The molecule has 0 saturated carbocycles. The summed E-state index contributed by atoms with van der Waals surface area (Å²) in [5.41, 5.74) is 4.72. The number of carbonyl (C=O) groups excluding carboxylic acids is 1. The number of halogens is 3. The van der Waals surface area contributed by atoms with E-state index in [2.05, 4.69) is 5.32 Å². The van der Waals surface area contributed by atoms with Crippen molar-refractivity contribution in [2.45, 2.75) is 25.1 Å². The number of likely N-dealkylation sites (N-methyl/N-ethyl adjacent to an activating group) is 1. The first kappa shape index (κ1) is 15.6. The molecule has 3 N–H and O–H groups in total. The summed E-state index contributed by atoms with van der Waals surface area (Å²) in [7, 11) is 1.77. The number of carbonyl (C=O) groups is 1. The van der Waals surface area contributed by atoms with Gasteiger partial charge >= 0.3 is 6.18 Å². The topological polar surface area (TPSA) is 58.4 Å². The van der Waals surface area contributed by atoms with E-state index in [9.17, 15) is 18.0 Å². The van der Waals surface area contributed by atoms with Gasteiger partial charge in [0.05, 0.1) is 11.1 Å². The van der Waals surface area contributed by atoms with Gasteiger partial charge in [-0.15, -0.1) is 0 Å². The van der Waals surface area contributed by atoms with Crippen molar-refractivity contribution in [2.75, 3.05) is 25.0 Å². The average Bonchev–Trinajstić information content (AvgIpc) is 2.45. The average molecular weight is 301 g/mol. The number of nitrogens with one attached hydrogen (secondary N) is 1. The van der Waals surface area contributed by atoms with Gasteiger partial charge in [-0.25, -0.2) is 0 Å². The van der Waals surface area contributed by atoms with Crippen molar-refractivity contribution < 1.29 is 18.0 Å². The van der Waals surface area contributed by atoms with Crippen LogP contribution < -0.4 is 16.0 Å². The van der Waals surface area contributed by atoms with Gasteiger partial charge in [0.1, 0.15) is 0 Å². The quantitative estimate of drug-likeness (QED) is 0.897.